The molecule has 1 atom stereocenters. The molecule has 3 N–H and O–H groups in total. The van der Waals surface area contributed by atoms with Crippen LogP contribution < -0.4 is 0 Å². The Morgan fingerprint density at radius 3 is 2.44 bits per heavy atom. The fourth-order valence-corrected chi connectivity index (χ4v) is 1.78. The fraction of sp³-hybridized carbons (Fsp3) is 0.250. The van der Waals surface area contributed by atoms with Crippen LogP contribution in [0.2, 0.25) is 0 Å². The van der Waals surface area contributed by atoms with Crippen molar-refractivity contribution in [2.75, 3.05) is 0 Å². The van der Waals surface area contributed by atoms with Crippen LogP contribution in [0.1, 0.15) is 24.3 Å². The van der Waals surface area contributed by atoms with Crippen LogP contribution in [0.3, 0.4) is 0 Å². The summed E-state index contributed by atoms with van der Waals surface area (Å²) >= 11 is 0. The zero-order valence-electron chi connectivity index (χ0n) is 8.81. The number of aliphatic hydroxyl groups excluding tert-OH is 1. The largest absolute Gasteiger partial charge is 0.512 e. The normalized spacial score (nSPS) is 19.1. The molecule has 0 fully saturated rings. The van der Waals surface area contributed by atoms with Crippen LogP contribution in [0.4, 0.5) is 0 Å². The quantitative estimate of drug-likeness (QED) is 0.798. The van der Waals surface area contributed by atoms with E-state index in [-0.39, 0.29) is 55.6 Å². The topological polar surface area (TPSA) is 68.8 Å². The summed E-state index contributed by atoms with van der Waals surface area (Å²) in [5, 5.41) is 9.34. The average Bonchev–Trinajstić information content (AvgIpc) is 2.18. The molecule has 1 aliphatic rings. The van der Waals surface area contributed by atoms with E-state index in [2.05, 4.69) is 6.07 Å². The molecule has 1 aliphatic carbocycles. The third-order valence-corrected chi connectivity index (χ3v) is 2.45. The number of carbonyl (C=O) groups is 1. The third kappa shape index (κ3) is 3.82. The van der Waals surface area contributed by atoms with Crippen LogP contribution >= 0.6 is 0 Å². The number of hydrogen-bond acceptors (Lipinski definition) is 2. The Morgan fingerprint density at radius 2 is 1.88 bits per heavy atom. The molecule has 1 radical (unpaired) electrons. The predicted octanol–water partition coefficient (Wildman–Crippen LogP) is 1.55. The van der Waals surface area contributed by atoms with Crippen molar-refractivity contribution in [3.8, 4) is 0 Å². The molecule has 2 rings (SSSR count). The van der Waals surface area contributed by atoms with Crippen molar-refractivity contribution >= 4 is 5.78 Å². The smallest absolute Gasteiger partial charge is 0.159 e. The van der Waals surface area contributed by atoms with Crippen LogP contribution in [0, 0.1) is 6.07 Å². The summed E-state index contributed by atoms with van der Waals surface area (Å²) in [5.74, 6) is 0.327. The Kier molecular flexibility index (Phi) is 6.73. The second-order valence-corrected chi connectivity index (χ2v) is 3.54. The number of rotatable bonds is 1. The summed E-state index contributed by atoms with van der Waals surface area (Å²) in [6.07, 6.45) is 2.38. The Hall–Kier alpha value is -0.506. The predicted molar refractivity (Wildman–Crippen MR) is 56.6 cm³/mol. The molecular formula is C12H13O3Y-. The zero-order valence-corrected chi connectivity index (χ0v) is 11.6. The Morgan fingerprint density at radius 1 is 1.25 bits per heavy atom. The van der Waals surface area contributed by atoms with E-state index in [1.165, 1.54) is 6.08 Å². The molecule has 1 aromatic carbocycles. The van der Waals surface area contributed by atoms with Gasteiger partial charge in [-0.25, -0.2) is 0 Å². The molecule has 0 amide bonds. The molecule has 0 aromatic heterocycles. The van der Waals surface area contributed by atoms with Crippen LogP contribution in [0.5, 0.6) is 0 Å². The summed E-state index contributed by atoms with van der Waals surface area (Å²) in [7, 11) is 0. The summed E-state index contributed by atoms with van der Waals surface area (Å²) in [4.78, 5) is 11.2. The van der Waals surface area contributed by atoms with Crippen molar-refractivity contribution in [3.05, 3.63) is 47.7 Å². The van der Waals surface area contributed by atoms with Crippen LogP contribution in [-0.4, -0.2) is 16.4 Å². The van der Waals surface area contributed by atoms with Gasteiger partial charge in [-0.3, -0.25) is 4.79 Å². The summed E-state index contributed by atoms with van der Waals surface area (Å²) in [6.45, 7) is 0. The van der Waals surface area contributed by atoms with Gasteiger partial charge in [0, 0.05) is 51.6 Å². The molecule has 0 heterocycles. The molecular weight excluding hydrogens is 281 g/mol. The van der Waals surface area contributed by atoms with Gasteiger partial charge in [0.2, 0.25) is 0 Å². The van der Waals surface area contributed by atoms with Crippen LogP contribution in [0.15, 0.2) is 36.1 Å². The van der Waals surface area contributed by atoms with Gasteiger partial charge in [-0.15, -0.1) is 0 Å². The van der Waals surface area contributed by atoms with Crippen molar-refractivity contribution < 1.29 is 48.1 Å². The number of hydrogen-bond donors (Lipinski definition) is 1. The third-order valence-electron chi connectivity index (χ3n) is 2.45. The molecule has 83 valence electrons. The standard InChI is InChI=1S/C12H11O2.H2O.Y/c13-11-6-10(7-12(14)8-11)9-4-2-1-3-5-9;;/h2-5,8,10,13H,6-7H2;1H2;/q-1;;. The number of carbonyl (C=O) groups excluding carboxylic acids is 1. The van der Waals surface area contributed by atoms with E-state index in [4.69, 9.17) is 0 Å². The SMILES string of the molecule is O.O=C1C=C(O)CC(c2cc[c-]cc2)C1.[Y]. The van der Waals surface area contributed by atoms with E-state index in [1.54, 1.807) is 0 Å². The van der Waals surface area contributed by atoms with E-state index in [9.17, 15) is 9.90 Å². The van der Waals surface area contributed by atoms with Crippen molar-refractivity contribution in [2.45, 2.75) is 18.8 Å². The number of allylic oxidation sites excluding steroid dienone is 2. The molecule has 0 bridgehead atoms. The second kappa shape index (κ2) is 6.94. The van der Waals surface area contributed by atoms with Gasteiger partial charge < -0.3 is 10.6 Å². The Bertz CT molecular complexity index is 373. The van der Waals surface area contributed by atoms with Crippen molar-refractivity contribution in [1.82, 2.24) is 0 Å². The molecule has 1 aromatic rings. The molecule has 0 saturated carbocycles. The van der Waals surface area contributed by atoms with Crippen molar-refractivity contribution in [2.24, 2.45) is 0 Å². The van der Waals surface area contributed by atoms with Gasteiger partial charge >= 0.3 is 0 Å². The molecule has 16 heavy (non-hydrogen) atoms. The van der Waals surface area contributed by atoms with Gasteiger partial charge in [0.1, 0.15) is 0 Å². The van der Waals surface area contributed by atoms with E-state index >= 15 is 0 Å². The second-order valence-electron chi connectivity index (χ2n) is 3.54. The minimum absolute atomic E-state index is 0. The van der Waals surface area contributed by atoms with Crippen molar-refractivity contribution in [1.29, 1.82) is 0 Å². The van der Waals surface area contributed by atoms with Gasteiger partial charge in [-0.2, -0.15) is 35.9 Å². The van der Waals surface area contributed by atoms with Gasteiger partial charge in [0.15, 0.2) is 5.78 Å². The van der Waals surface area contributed by atoms with Crippen LogP contribution in [0.25, 0.3) is 0 Å². The van der Waals surface area contributed by atoms with Gasteiger partial charge in [0.05, 0.1) is 5.76 Å². The molecule has 3 nitrogen and oxygen atoms in total. The van der Waals surface area contributed by atoms with E-state index in [0.717, 1.165) is 5.56 Å². The maximum atomic E-state index is 11.2. The van der Waals surface area contributed by atoms with Crippen LogP contribution in [-0.2, 0) is 37.5 Å². The summed E-state index contributed by atoms with van der Waals surface area (Å²) in [5.41, 5.74) is 1.09. The summed E-state index contributed by atoms with van der Waals surface area (Å²) in [6, 6.07) is 10.5. The van der Waals surface area contributed by atoms with Gasteiger partial charge in [-0.1, -0.05) is 0 Å². The number of benzene rings is 1. The minimum atomic E-state index is 0. The number of ketones is 1. The first kappa shape index (κ1) is 15.5. The first-order valence-electron chi connectivity index (χ1n) is 4.64. The molecule has 0 spiro atoms. The zero-order chi connectivity index (χ0) is 9.97. The van der Waals surface area contributed by atoms with E-state index in [0.29, 0.717) is 12.8 Å². The van der Waals surface area contributed by atoms with Gasteiger partial charge in [0.25, 0.3) is 0 Å². The average molecular weight is 294 g/mol. The molecule has 0 saturated heterocycles. The summed E-state index contributed by atoms with van der Waals surface area (Å²) < 4.78 is 0. The maximum absolute atomic E-state index is 11.2. The molecule has 1 unspecified atom stereocenters. The fourth-order valence-electron chi connectivity index (χ4n) is 1.78. The first-order chi connectivity index (χ1) is 6.75. The Balaban J connectivity index is 0.00000112. The monoisotopic (exact) mass is 294 g/mol. The maximum Gasteiger partial charge on any atom is 0.159 e. The number of aliphatic hydroxyl groups is 1. The Labute approximate surface area is 120 Å². The van der Waals surface area contributed by atoms with Crippen molar-refractivity contribution in [3.63, 3.8) is 0 Å². The molecule has 0 aliphatic heterocycles. The minimum Gasteiger partial charge on any atom is -0.512 e. The van der Waals surface area contributed by atoms with Gasteiger partial charge in [-0.05, 0) is 5.92 Å². The molecule has 4 heteroatoms. The first-order valence-corrected chi connectivity index (χ1v) is 4.64. The van der Waals surface area contributed by atoms with E-state index < -0.39 is 0 Å². The van der Waals surface area contributed by atoms with E-state index in [1.807, 2.05) is 24.3 Å².